The van der Waals surface area contributed by atoms with Gasteiger partial charge in [-0.1, -0.05) is 0 Å². The zero-order chi connectivity index (χ0) is 24.7. The molecular formula is C32H36Fe2I2N4+4. The van der Waals surface area contributed by atoms with E-state index in [1.807, 2.05) is 64.2 Å². The molecule has 40 heavy (non-hydrogen) atoms. The van der Waals surface area contributed by atoms with Crippen LogP contribution in [0.15, 0.2) is 37.4 Å². The first-order valence-corrected chi connectivity index (χ1v) is 12.7. The van der Waals surface area contributed by atoms with E-state index in [0.29, 0.717) is 0 Å². The summed E-state index contributed by atoms with van der Waals surface area (Å²) in [7, 11) is 0. The van der Waals surface area contributed by atoms with Gasteiger partial charge in [-0.3, -0.25) is 0 Å². The molecule has 4 saturated carbocycles. The quantitative estimate of drug-likeness (QED) is 0.123. The summed E-state index contributed by atoms with van der Waals surface area (Å²) < 4.78 is 9.06. The number of hydrogen-bond acceptors (Lipinski definition) is 0. The largest absolute Gasteiger partial charge is 2.00 e. The Hall–Kier alpha value is 0.919. The Morgan fingerprint density at radius 1 is 0.450 bits per heavy atom. The smallest absolute Gasteiger partial charge is 1.00 e. The van der Waals surface area contributed by atoms with Gasteiger partial charge in [-0.2, -0.15) is 0 Å². The molecule has 210 valence electrons. The Balaban J connectivity index is 0.000000919. The SMILES string of the molecule is [CH]1[CH][CH][CH][CH]1.[CH]1[CH][CH][CH][CH]1.[CH]1[CH][CH][C](C[n+]2ccn(CCCCn3cc[n+](C[C]4[CH][CH][CH][CH]4)c3)c2)[CH]1.[Fe+2].[Fe+2].[I-].[I-]. The first-order valence-electron chi connectivity index (χ1n) is 12.7. The van der Waals surface area contributed by atoms with E-state index in [0.717, 1.165) is 26.2 Å². The van der Waals surface area contributed by atoms with Crippen LogP contribution in [-0.2, 0) is 60.3 Å². The Labute approximate surface area is 301 Å². The summed E-state index contributed by atoms with van der Waals surface area (Å²) in [5, 5.41) is 0. The summed E-state index contributed by atoms with van der Waals surface area (Å²) in [6.07, 6.45) is 52.5. The molecule has 4 aliphatic carbocycles. The van der Waals surface area contributed by atoms with E-state index in [9.17, 15) is 0 Å². The predicted molar refractivity (Wildman–Crippen MR) is 142 cm³/mol. The van der Waals surface area contributed by atoms with Crippen molar-refractivity contribution in [2.45, 2.75) is 39.0 Å². The van der Waals surface area contributed by atoms with Crippen molar-refractivity contribution in [2.24, 2.45) is 0 Å². The molecule has 20 radical (unpaired) electrons. The third-order valence-electron chi connectivity index (χ3n) is 5.88. The summed E-state index contributed by atoms with van der Waals surface area (Å²) in [5.41, 5.74) is 0. The van der Waals surface area contributed by atoms with Crippen LogP contribution >= 0.6 is 0 Å². The van der Waals surface area contributed by atoms with E-state index in [4.69, 9.17) is 0 Å². The number of aromatic nitrogens is 4. The second-order valence-corrected chi connectivity index (χ2v) is 8.87. The normalized spacial score (nSPS) is 18.3. The minimum Gasteiger partial charge on any atom is -1.00 e. The van der Waals surface area contributed by atoms with Crippen LogP contribution < -0.4 is 57.1 Å². The molecule has 0 unspecified atom stereocenters. The molecule has 4 fully saturated rings. The van der Waals surface area contributed by atoms with Crippen molar-refractivity contribution in [3.8, 4) is 0 Å². The van der Waals surface area contributed by atoms with Gasteiger partial charge in [0, 0.05) is 11.8 Å². The van der Waals surface area contributed by atoms with Gasteiger partial charge in [0.15, 0.2) is 0 Å². The molecule has 0 spiro atoms. The van der Waals surface area contributed by atoms with Gasteiger partial charge in [0.1, 0.15) is 24.8 Å². The van der Waals surface area contributed by atoms with Crippen molar-refractivity contribution in [2.75, 3.05) is 0 Å². The third-order valence-corrected chi connectivity index (χ3v) is 5.88. The molecule has 0 atom stereocenters. The Morgan fingerprint density at radius 3 is 1.05 bits per heavy atom. The topological polar surface area (TPSA) is 17.6 Å². The molecular weight excluding hydrogens is 806 g/mol. The maximum Gasteiger partial charge on any atom is 2.00 e. The van der Waals surface area contributed by atoms with Gasteiger partial charge in [-0.05, 0) is 128 Å². The molecule has 8 heteroatoms. The Kier molecular flexibility index (Phi) is 25.8. The first kappa shape index (κ1) is 40.9. The molecule has 4 aliphatic rings. The number of unbranched alkanes of at least 4 members (excludes halogenated alkanes) is 1. The van der Waals surface area contributed by atoms with Crippen LogP contribution in [0.2, 0.25) is 0 Å². The van der Waals surface area contributed by atoms with Crippen molar-refractivity contribution < 1.29 is 91.2 Å². The average Bonchev–Trinajstić information content (AvgIpc) is 3.75. The van der Waals surface area contributed by atoms with Crippen molar-refractivity contribution in [1.29, 1.82) is 0 Å². The maximum atomic E-state index is 2.29. The standard InChI is InChI=1S/C22H26N4.2C5H5.2Fe.2HI/c1-2-8-21(7-1)17-25-15-13-23(19-25)11-5-6-12-24-14-16-26(20-24)18-22-9-3-4-10-22;2*1-2-4-5-3-1;;;;/h1-4,7-10,13-16,19-20H,5-6,11-12,17-18H2;2*1-5H;;;2*1H/q+2;;;2*+2;;/p-2. The van der Waals surface area contributed by atoms with Gasteiger partial charge in [-0.15, -0.1) is 0 Å². The van der Waals surface area contributed by atoms with Crippen molar-refractivity contribution in [1.82, 2.24) is 9.13 Å². The number of aryl methyl sites for hydroxylation is 2. The van der Waals surface area contributed by atoms with E-state index >= 15 is 0 Å². The fourth-order valence-electron chi connectivity index (χ4n) is 4.02. The first-order chi connectivity index (χ1) is 17.8. The second-order valence-electron chi connectivity index (χ2n) is 8.87. The van der Waals surface area contributed by atoms with E-state index < -0.39 is 0 Å². The van der Waals surface area contributed by atoms with Crippen LogP contribution in [0.3, 0.4) is 0 Å². The summed E-state index contributed by atoms with van der Waals surface area (Å²) in [4.78, 5) is 0. The average molecular weight is 842 g/mol. The molecule has 0 amide bonds. The third kappa shape index (κ3) is 16.7. The van der Waals surface area contributed by atoms with E-state index in [1.165, 1.54) is 24.7 Å². The zero-order valence-electron chi connectivity index (χ0n) is 22.4. The van der Waals surface area contributed by atoms with Gasteiger partial charge in [0.05, 0.1) is 26.2 Å². The maximum absolute atomic E-state index is 2.29. The fraction of sp³-hybridized carbons (Fsp3) is 0.188. The summed E-state index contributed by atoms with van der Waals surface area (Å²) in [6, 6.07) is 0. The van der Waals surface area contributed by atoms with E-state index in [1.54, 1.807) is 0 Å². The van der Waals surface area contributed by atoms with Crippen LogP contribution in [0.5, 0.6) is 0 Å². The van der Waals surface area contributed by atoms with Crippen LogP contribution in [0.1, 0.15) is 12.8 Å². The minimum atomic E-state index is 0. The number of halogens is 2. The number of nitrogens with zero attached hydrogens (tertiary/aromatic N) is 4. The van der Waals surface area contributed by atoms with Gasteiger partial charge < -0.3 is 48.0 Å². The van der Waals surface area contributed by atoms with Gasteiger partial charge in [0.2, 0.25) is 12.7 Å². The van der Waals surface area contributed by atoms with Gasteiger partial charge in [0.25, 0.3) is 0 Å². The van der Waals surface area contributed by atoms with E-state index in [2.05, 4.69) is 107 Å². The van der Waals surface area contributed by atoms with Gasteiger partial charge in [-0.25, -0.2) is 18.3 Å². The molecule has 0 saturated heterocycles. The molecule has 2 aromatic rings. The molecule has 2 aromatic heterocycles. The molecule has 0 aromatic carbocycles. The van der Waals surface area contributed by atoms with Crippen LogP contribution in [-0.4, -0.2) is 9.13 Å². The Morgan fingerprint density at radius 2 is 0.750 bits per heavy atom. The second kappa shape index (κ2) is 25.3. The van der Waals surface area contributed by atoms with Crippen LogP contribution in [0, 0.1) is 127 Å². The molecule has 0 bridgehead atoms. The molecule has 0 N–H and O–H groups in total. The summed E-state index contributed by atoms with van der Waals surface area (Å²) >= 11 is 0. The number of hydrogen-bond donors (Lipinski definition) is 0. The van der Waals surface area contributed by atoms with Crippen molar-refractivity contribution in [3.05, 3.63) is 165 Å². The summed E-state index contributed by atoms with van der Waals surface area (Å²) in [5.74, 6) is 2.71. The van der Waals surface area contributed by atoms with Crippen LogP contribution in [0.4, 0.5) is 0 Å². The minimum absolute atomic E-state index is 0. The number of rotatable bonds is 9. The van der Waals surface area contributed by atoms with E-state index in [-0.39, 0.29) is 82.1 Å². The zero-order valence-corrected chi connectivity index (χ0v) is 28.9. The molecule has 4 nitrogen and oxygen atoms in total. The predicted octanol–water partition coefficient (Wildman–Crippen LogP) is -1.80. The molecule has 2 heterocycles. The molecule has 0 aliphatic heterocycles. The van der Waals surface area contributed by atoms with Gasteiger partial charge >= 0.3 is 34.1 Å². The van der Waals surface area contributed by atoms with Crippen molar-refractivity contribution >= 4 is 0 Å². The fourth-order valence-corrected chi connectivity index (χ4v) is 4.02. The summed E-state index contributed by atoms with van der Waals surface area (Å²) in [6.45, 7) is 4.05. The Bertz CT molecular complexity index is 741. The molecule has 6 rings (SSSR count). The van der Waals surface area contributed by atoms with Crippen molar-refractivity contribution in [3.63, 3.8) is 0 Å². The van der Waals surface area contributed by atoms with Crippen LogP contribution in [0.25, 0.3) is 0 Å². The monoisotopic (exact) mass is 842 g/mol. The number of imidazole rings is 2.